The van der Waals surface area contributed by atoms with Gasteiger partial charge in [0.1, 0.15) is 11.9 Å². The second-order valence-corrected chi connectivity index (χ2v) is 5.25. The molecular formula is C12H14F3NOS. The van der Waals surface area contributed by atoms with E-state index in [-0.39, 0.29) is 22.8 Å². The highest BCUT2D eigenvalue weighted by molar-refractivity contribution is 8.00. The Labute approximate surface area is 108 Å². The lowest BCUT2D eigenvalue weighted by Gasteiger charge is -2.24. The van der Waals surface area contributed by atoms with Crippen molar-refractivity contribution < 1.29 is 17.9 Å². The molecule has 1 aliphatic heterocycles. The number of alkyl halides is 3. The van der Waals surface area contributed by atoms with Crippen molar-refractivity contribution in [2.75, 3.05) is 13.1 Å². The van der Waals surface area contributed by atoms with Crippen LogP contribution in [0, 0.1) is 0 Å². The van der Waals surface area contributed by atoms with Gasteiger partial charge in [-0.15, -0.1) is 0 Å². The van der Waals surface area contributed by atoms with Crippen molar-refractivity contribution in [3.05, 3.63) is 24.3 Å². The molecule has 0 amide bonds. The summed E-state index contributed by atoms with van der Waals surface area (Å²) in [5.74, 6) is 0.498. The lowest BCUT2D eigenvalue weighted by atomic mass is 10.1. The first-order valence-electron chi connectivity index (χ1n) is 5.76. The fourth-order valence-electron chi connectivity index (χ4n) is 1.86. The molecule has 100 valence electrons. The molecule has 0 saturated carbocycles. The minimum Gasteiger partial charge on any atom is -0.489 e. The third-order valence-electron chi connectivity index (χ3n) is 2.59. The third-order valence-corrected chi connectivity index (χ3v) is 3.31. The first-order valence-corrected chi connectivity index (χ1v) is 6.58. The molecule has 0 spiro atoms. The average molecular weight is 277 g/mol. The molecule has 1 aromatic carbocycles. The minimum atomic E-state index is -4.26. The summed E-state index contributed by atoms with van der Waals surface area (Å²) in [6.07, 6.45) is 2.01. The fraction of sp³-hybridized carbons (Fsp3) is 0.500. The molecule has 0 aromatic heterocycles. The molecule has 1 saturated heterocycles. The monoisotopic (exact) mass is 277 g/mol. The van der Waals surface area contributed by atoms with Gasteiger partial charge in [-0.25, -0.2) is 0 Å². The van der Waals surface area contributed by atoms with E-state index in [1.54, 1.807) is 12.1 Å². The van der Waals surface area contributed by atoms with Crippen molar-refractivity contribution in [2.24, 2.45) is 0 Å². The summed E-state index contributed by atoms with van der Waals surface area (Å²) in [5, 5.41) is 3.20. The van der Waals surface area contributed by atoms with Crippen molar-refractivity contribution in [3.63, 3.8) is 0 Å². The van der Waals surface area contributed by atoms with Crippen molar-refractivity contribution >= 4 is 11.8 Å². The van der Waals surface area contributed by atoms with Gasteiger partial charge in [0, 0.05) is 11.4 Å². The van der Waals surface area contributed by atoms with Crippen LogP contribution in [0.25, 0.3) is 0 Å². The van der Waals surface area contributed by atoms with Crippen LogP contribution in [-0.2, 0) is 0 Å². The zero-order chi connectivity index (χ0) is 13.0. The van der Waals surface area contributed by atoms with E-state index in [0.29, 0.717) is 5.75 Å². The van der Waals surface area contributed by atoms with Gasteiger partial charge < -0.3 is 10.1 Å². The van der Waals surface area contributed by atoms with Crippen LogP contribution in [0.15, 0.2) is 29.2 Å². The summed E-state index contributed by atoms with van der Waals surface area (Å²) < 4.78 is 42.4. The molecule has 0 radical (unpaired) electrons. The van der Waals surface area contributed by atoms with Crippen LogP contribution < -0.4 is 10.1 Å². The summed E-state index contributed by atoms with van der Waals surface area (Å²) in [6, 6.07) is 6.14. The number of rotatable bonds is 3. The van der Waals surface area contributed by atoms with Gasteiger partial charge in [-0.1, -0.05) is 6.07 Å². The Morgan fingerprint density at radius 1 is 1.33 bits per heavy atom. The van der Waals surface area contributed by atoms with E-state index in [1.807, 2.05) is 0 Å². The summed E-state index contributed by atoms with van der Waals surface area (Å²) >= 11 is -0.119. The number of thioether (sulfide) groups is 1. The number of hydrogen-bond donors (Lipinski definition) is 1. The Morgan fingerprint density at radius 2 is 2.17 bits per heavy atom. The van der Waals surface area contributed by atoms with E-state index >= 15 is 0 Å². The van der Waals surface area contributed by atoms with E-state index in [2.05, 4.69) is 5.32 Å². The van der Waals surface area contributed by atoms with Gasteiger partial charge >= 0.3 is 5.51 Å². The Hall–Kier alpha value is -0.880. The first kappa shape index (κ1) is 13.5. The number of ether oxygens (including phenoxy) is 1. The second kappa shape index (κ2) is 5.84. The first-order chi connectivity index (χ1) is 8.53. The number of piperidine rings is 1. The maximum atomic E-state index is 12.2. The normalized spacial score (nSPS) is 20.7. The van der Waals surface area contributed by atoms with Gasteiger partial charge in [-0.3, -0.25) is 0 Å². The van der Waals surface area contributed by atoms with Crippen LogP contribution in [0.4, 0.5) is 13.2 Å². The van der Waals surface area contributed by atoms with Gasteiger partial charge in [0.05, 0.1) is 0 Å². The number of benzene rings is 1. The van der Waals surface area contributed by atoms with Gasteiger partial charge in [-0.05, 0) is 49.3 Å². The molecule has 1 atom stereocenters. The zero-order valence-electron chi connectivity index (χ0n) is 9.67. The molecule has 1 aromatic rings. The molecule has 0 aliphatic carbocycles. The minimum absolute atomic E-state index is 0.0462. The Balaban J connectivity index is 1.98. The molecule has 2 rings (SSSR count). The third kappa shape index (κ3) is 4.42. The molecule has 1 aliphatic rings. The average Bonchev–Trinajstić information content (AvgIpc) is 2.28. The Bertz CT molecular complexity index is 391. The summed E-state index contributed by atoms with van der Waals surface area (Å²) in [4.78, 5) is 0.156. The van der Waals surface area contributed by atoms with Crippen LogP contribution >= 0.6 is 11.8 Å². The predicted octanol–water partition coefficient (Wildman–Crippen LogP) is 3.43. The van der Waals surface area contributed by atoms with Crippen molar-refractivity contribution in [1.82, 2.24) is 5.32 Å². The second-order valence-electron chi connectivity index (χ2n) is 4.11. The quantitative estimate of drug-likeness (QED) is 0.855. The Kier molecular flexibility index (Phi) is 4.40. The van der Waals surface area contributed by atoms with E-state index in [4.69, 9.17) is 4.74 Å². The lowest BCUT2D eigenvalue weighted by Crippen LogP contribution is -2.37. The highest BCUT2D eigenvalue weighted by Crippen LogP contribution is 2.38. The van der Waals surface area contributed by atoms with Crippen LogP contribution in [0.3, 0.4) is 0 Å². The van der Waals surface area contributed by atoms with E-state index in [9.17, 15) is 13.2 Å². The molecule has 1 heterocycles. The number of nitrogens with one attached hydrogen (secondary N) is 1. The molecule has 2 nitrogen and oxygen atoms in total. The Morgan fingerprint density at radius 3 is 2.83 bits per heavy atom. The maximum absolute atomic E-state index is 12.2. The van der Waals surface area contributed by atoms with E-state index < -0.39 is 5.51 Å². The molecule has 1 N–H and O–H groups in total. The van der Waals surface area contributed by atoms with Gasteiger partial charge in [0.15, 0.2) is 0 Å². The summed E-state index contributed by atoms with van der Waals surface area (Å²) in [6.45, 7) is 1.72. The maximum Gasteiger partial charge on any atom is 0.446 e. The highest BCUT2D eigenvalue weighted by atomic mass is 32.2. The SMILES string of the molecule is FC(F)(F)Sc1cccc(OC2CCCNC2)c1. The van der Waals surface area contributed by atoms with Gasteiger partial charge in [0.25, 0.3) is 0 Å². The molecule has 18 heavy (non-hydrogen) atoms. The van der Waals surface area contributed by atoms with E-state index in [0.717, 1.165) is 25.9 Å². The van der Waals surface area contributed by atoms with Gasteiger partial charge in [0.2, 0.25) is 0 Å². The van der Waals surface area contributed by atoms with Crippen LogP contribution in [0.5, 0.6) is 5.75 Å². The van der Waals surface area contributed by atoms with Crippen molar-refractivity contribution in [2.45, 2.75) is 29.3 Å². The van der Waals surface area contributed by atoms with Gasteiger partial charge in [-0.2, -0.15) is 13.2 Å². The largest absolute Gasteiger partial charge is 0.489 e. The number of hydrogen-bond acceptors (Lipinski definition) is 3. The summed E-state index contributed by atoms with van der Waals surface area (Å²) in [5.41, 5.74) is -4.26. The highest BCUT2D eigenvalue weighted by Gasteiger charge is 2.29. The predicted molar refractivity (Wildman–Crippen MR) is 64.9 cm³/mol. The molecule has 6 heteroatoms. The topological polar surface area (TPSA) is 21.3 Å². The lowest BCUT2D eigenvalue weighted by molar-refractivity contribution is -0.0328. The van der Waals surface area contributed by atoms with Crippen LogP contribution in [0.1, 0.15) is 12.8 Å². The van der Waals surface area contributed by atoms with Crippen molar-refractivity contribution in [1.29, 1.82) is 0 Å². The fourth-order valence-corrected chi connectivity index (χ4v) is 2.45. The summed E-state index contributed by atoms with van der Waals surface area (Å²) in [7, 11) is 0. The standard InChI is InChI=1S/C12H14F3NOS/c13-12(14,15)18-11-5-1-3-9(7-11)17-10-4-2-6-16-8-10/h1,3,5,7,10,16H,2,4,6,8H2. The van der Waals surface area contributed by atoms with Crippen molar-refractivity contribution in [3.8, 4) is 5.75 Å². The zero-order valence-corrected chi connectivity index (χ0v) is 10.5. The molecular weight excluding hydrogens is 263 g/mol. The van der Waals surface area contributed by atoms with E-state index in [1.165, 1.54) is 12.1 Å². The smallest absolute Gasteiger partial charge is 0.446 e. The molecule has 0 bridgehead atoms. The van der Waals surface area contributed by atoms with Crippen LogP contribution in [-0.4, -0.2) is 24.7 Å². The van der Waals surface area contributed by atoms with Crippen LogP contribution in [0.2, 0.25) is 0 Å². The molecule has 1 fully saturated rings. The number of halogens is 3. The molecule has 1 unspecified atom stereocenters.